The lowest BCUT2D eigenvalue weighted by Crippen LogP contribution is -2.48. The summed E-state index contributed by atoms with van der Waals surface area (Å²) in [6, 6.07) is 14.0. The van der Waals surface area contributed by atoms with Gasteiger partial charge in [0.15, 0.2) is 6.61 Å². The summed E-state index contributed by atoms with van der Waals surface area (Å²) in [5.74, 6) is 0.878. The summed E-state index contributed by atoms with van der Waals surface area (Å²) in [6.45, 7) is -0.108. The molecule has 0 unspecified atom stereocenters. The van der Waals surface area contributed by atoms with Gasteiger partial charge in [-0.2, -0.15) is 0 Å². The van der Waals surface area contributed by atoms with Crippen molar-refractivity contribution in [3.63, 3.8) is 0 Å². The third kappa shape index (κ3) is 3.72. The largest absolute Gasteiger partial charge is 0.497 e. The van der Waals surface area contributed by atoms with Crippen LogP contribution in [-0.4, -0.2) is 45.4 Å². The van der Waals surface area contributed by atoms with E-state index in [0.717, 1.165) is 0 Å². The van der Waals surface area contributed by atoms with Crippen LogP contribution in [0.5, 0.6) is 17.2 Å². The molecule has 2 aromatic carbocycles. The Morgan fingerprint density at radius 1 is 1.08 bits per heavy atom. The monoisotopic (exact) mass is 357 g/mol. The van der Waals surface area contributed by atoms with Gasteiger partial charge in [-0.25, -0.2) is 4.79 Å². The molecule has 0 aliphatic carbocycles. The zero-order chi connectivity index (χ0) is 18.5. The number of ether oxygens (including phenoxy) is 4. The van der Waals surface area contributed by atoms with E-state index in [4.69, 9.17) is 18.9 Å². The predicted molar refractivity (Wildman–Crippen MR) is 93.7 cm³/mol. The quantitative estimate of drug-likeness (QED) is 0.763. The van der Waals surface area contributed by atoms with Gasteiger partial charge in [0.05, 0.1) is 26.5 Å². The van der Waals surface area contributed by atoms with Crippen molar-refractivity contribution in [2.75, 3.05) is 32.3 Å². The van der Waals surface area contributed by atoms with Gasteiger partial charge in [0.1, 0.15) is 17.2 Å². The molecule has 7 nitrogen and oxygen atoms in total. The summed E-state index contributed by atoms with van der Waals surface area (Å²) in [5, 5.41) is 0. The fourth-order valence-electron chi connectivity index (χ4n) is 2.62. The van der Waals surface area contributed by atoms with Crippen molar-refractivity contribution in [2.24, 2.45) is 0 Å². The molecule has 0 fully saturated rings. The summed E-state index contributed by atoms with van der Waals surface area (Å²) in [7, 11) is 2.86. The van der Waals surface area contributed by atoms with Crippen molar-refractivity contribution < 1.29 is 28.5 Å². The van der Waals surface area contributed by atoms with Crippen LogP contribution in [0, 0.1) is 0 Å². The van der Waals surface area contributed by atoms with E-state index in [1.165, 1.54) is 12.0 Å². The molecule has 1 aliphatic heterocycles. The number of para-hydroxylation sites is 2. The van der Waals surface area contributed by atoms with Gasteiger partial charge in [0.2, 0.25) is 6.10 Å². The Morgan fingerprint density at radius 2 is 1.77 bits per heavy atom. The third-order valence-corrected chi connectivity index (χ3v) is 3.96. The topological polar surface area (TPSA) is 74.3 Å². The van der Waals surface area contributed by atoms with E-state index in [2.05, 4.69) is 0 Å². The maximum absolute atomic E-state index is 12.7. The van der Waals surface area contributed by atoms with Gasteiger partial charge in [-0.05, 0) is 36.4 Å². The van der Waals surface area contributed by atoms with Crippen LogP contribution in [0.2, 0.25) is 0 Å². The lowest BCUT2D eigenvalue weighted by atomic mass is 10.2. The average molecular weight is 357 g/mol. The van der Waals surface area contributed by atoms with E-state index in [-0.39, 0.29) is 19.1 Å². The number of rotatable bonds is 5. The number of carbonyl (C=O) groups excluding carboxylic acids is 2. The second kappa shape index (κ2) is 7.77. The van der Waals surface area contributed by atoms with E-state index in [9.17, 15) is 9.59 Å². The number of anilines is 1. The van der Waals surface area contributed by atoms with E-state index >= 15 is 0 Å². The normalized spacial score (nSPS) is 15.5. The first kappa shape index (κ1) is 17.6. The first-order valence-corrected chi connectivity index (χ1v) is 8.03. The highest BCUT2D eigenvalue weighted by Gasteiger charge is 2.34. The number of methoxy groups -OCH3 is 2. The van der Waals surface area contributed by atoms with Crippen molar-refractivity contribution in [3.05, 3.63) is 48.5 Å². The molecule has 0 saturated heterocycles. The maximum atomic E-state index is 12.7. The molecular formula is C19H19NO6. The molecule has 0 aromatic heterocycles. The van der Waals surface area contributed by atoms with Crippen molar-refractivity contribution in [2.45, 2.75) is 6.10 Å². The molecule has 1 atom stereocenters. The maximum Gasteiger partial charge on any atom is 0.348 e. The Morgan fingerprint density at radius 3 is 2.46 bits per heavy atom. The highest BCUT2D eigenvalue weighted by molar-refractivity contribution is 5.97. The first-order valence-electron chi connectivity index (χ1n) is 8.03. The Bertz CT molecular complexity index is 789. The summed E-state index contributed by atoms with van der Waals surface area (Å²) in [6.07, 6.45) is -0.875. The summed E-state index contributed by atoms with van der Waals surface area (Å²) < 4.78 is 21.0. The van der Waals surface area contributed by atoms with Crippen LogP contribution >= 0.6 is 0 Å². The molecule has 3 rings (SSSR count). The molecule has 2 aromatic rings. The Kier molecular flexibility index (Phi) is 5.26. The first-order chi connectivity index (χ1) is 12.6. The van der Waals surface area contributed by atoms with Crippen LogP contribution in [0.1, 0.15) is 0 Å². The van der Waals surface area contributed by atoms with Gasteiger partial charge in [0, 0.05) is 0 Å². The Balaban J connectivity index is 1.73. The highest BCUT2D eigenvalue weighted by Crippen LogP contribution is 2.33. The van der Waals surface area contributed by atoms with E-state index in [1.807, 2.05) is 0 Å². The van der Waals surface area contributed by atoms with E-state index in [1.54, 1.807) is 55.6 Å². The number of amides is 1. The van der Waals surface area contributed by atoms with Crippen molar-refractivity contribution in [1.29, 1.82) is 0 Å². The summed E-state index contributed by atoms with van der Waals surface area (Å²) in [5.41, 5.74) is 0.594. The van der Waals surface area contributed by atoms with Gasteiger partial charge in [0.25, 0.3) is 5.91 Å². The standard InChI is InChI=1S/C19H19NO6/c1-23-13-7-9-14(10-8-13)25-12-18(21)20-11-17(19(22)24-2)26-16-6-4-3-5-15(16)20/h3-10,17H,11-12H2,1-2H3/t17-/m1/s1. The number of hydrogen-bond acceptors (Lipinski definition) is 6. The minimum atomic E-state index is -0.875. The second-order valence-corrected chi connectivity index (χ2v) is 5.57. The van der Waals surface area contributed by atoms with Crippen LogP contribution < -0.4 is 19.1 Å². The van der Waals surface area contributed by atoms with Gasteiger partial charge >= 0.3 is 5.97 Å². The van der Waals surface area contributed by atoms with Crippen LogP contribution in [0.15, 0.2) is 48.5 Å². The highest BCUT2D eigenvalue weighted by atomic mass is 16.6. The fourth-order valence-corrected chi connectivity index (χ4v) is 2.62. The number of benzene rings is 2. The molecule has 26 heavy (non-hydrogen) atoms. The van der Waals surface area contributed by atoms with Crippen molar-refractivity contribution in [1.82, 2.24) is 0 Å². The molecule has 0 N–H and O–H groups in total. The van der Waals surface area contributed by atoms with Crippen molar-refractivity contribution in [3.8, 4) is 17.2 Å². The molecule has 0 bridgehead atoms. The smallest absolute Gasteiger partial charge is 0.348 e. The fraction of sp³-hybridized carbons (Fsp3) is 0.263. The molecular weight excluding hydrogens is 338 g/mol. The van der Waals surface area contributed by atoms with Gasteiger partial charge in [-0.3, -0.25) is 4.79 Å². The third-order valence-electron chi connectivity index (χ3n) is 3.96. The second-order valence-electron chi connectivity index (χ2n) is 5.57. The number of fused-ring (bicyclic) bond motifs is 1. The van der Waals surface area contributed by atoms with Crippen LogP contribution in [0.4, 0.5) is 5.69 Å². The van der Waals surface area contributed by atoms with Crippen LogP contribution in [0.25, 0.3) is 0 Å². The van der Waals surface area contributed by atoms with Gasteiger partial charge in [-0.15, -0.1) is 0 Å². The van der Waals surface area contributed by atoms with Gasteiger partial charge < -0.3 is 23.8 Å². The summed E-state index contributed by atoms with van der Waals surface area (Å²) in [4.78, 5) is 26.0. The van der Waals surface area contributed by atoms with Gasteiger partial charge in [-0.1, -0.05) is 12.1 Å². The molecule has 0 saturated carbocycles. The SMILES string of the molecule is COC(=O)[C@H]1CN(C(=O)COc2ccc(OC)cc2)c2ccccc2O1. The molecule has 7 heteroatoms. The minimum absolute atomic E-state index is 0.0640. The van der Waals surface area contributed by atoms with E-state index < -0.39 is 12.1 Å². The van der Waals surface area contributed by atoms with Crippen molar-refractivity contribution >= 4 is 17.6 Å². The number of carbonyl (C=O) groups is 2. The van der Waals surface area contributed by atoms with E-state index in [0.29, 0.717) is 22.9 Å². The lowest BCUT2D eigenvalue weighted by molar-refractivity contribution is -0.148. The molecule has 0 spiro atoms. The predicted octanol–water partition coefficient (Wildman–Crippen LogP) is 2.04. The Labute approximate surface area is 151 Å². The molecule has 136 valence electrons. The molecule has 1 amide bonds. The zero-order valence-electron chi connectivity index (χ0n) is 14.5. The Hall–Kier alpha value is -3.22. The number of nitrogens with zero attached hydrogens (tertiary/aromatic N) is 1. The minimum Gasteiger partial charge on any atom is -0.497 e. The number of hydrogen-bond donors (Lipinski definition) is 0. The van der Waals surface area contributed by atoms with Crippen LogP contribution in [0.3, 0.4) is 0 Å². The average Bonchev–Trinajstić information content (AvgIpc) is 2.70. The molecule has 1 aliphatic rings. The van der Waals surface area contributed by atoms with Crippen LogP contribution in [-0.2, 0) is 14.3 Å². The molecule has 0 radical (unpaired) electrons. The lowest BCUT2D eigenvalue weighted by Gasteiger charge is -2.33. The summed E-state index contributed by atoms with van der Waals surface area (Å²) >= 11 is 0. The molecule has 1 heterocycles. The zero-order valence-corrected chi connectivity index (χ0v) is 14.5. The number of esters is 1.